The minimum atomic E-state index is -1.92. The van der Waals surface area contributed by atoms with Crippen molar-refractivity contribution >= 4 is 14.3 Å². The van der Waals surface area contributed by atoms with E-state index >= 15 is 0 Å². The molecule has 4 nitrogen and oxygen atoms in total. The standard InChI is InChI=1S/C23H42O4Si/c1-22(2,3)28(5,6)27-23(4,18-10-8-7-9-11-18)15-14-17-12-13-20(24)19(17)16-21(25)26/h12,18-20,24H,7-11,13-16H2,1-6H3,(H,25,26)/t19-,20+,23?/m1/s1. The van der Waals surface area contributed by atoms with Gasteiger partial charge in [0.05, 0.1) is 18.1 Å². The van der Waals surface area contributed by atoms with E-state index in [1.54, 1.807) is 0 Å². The van der Waals surface area contributed by atoms with E-state index in [4.69, 9.17) is 4.43 Å². The minimum absolute atomic E-state index is 0.0240. The zero-order chi connectivity index (χ0) is 21.2. The molecule has 0 spiro atoms. The van der Waals surface area contributed by atoms with Crippen molar-refractivity contribution in [3.8, 4) is 0 Å². The smallest absolute Gasteiger partial charge is 0.304 e. The van der Waals surface area contributed by atoms with Crippen LogP contribution in [0, 0.1) is 11.8 Å². The first-order valence-electron chi connectivity index (χ1n) is 11.1. The number of aliphatic hydroxyl groups excluding tert-OH is 1. The maximum absolute atomic E-state index is 11.2. The number of carboxylic acid groups (broad SMARTS) is 1. The van der Waals surface area contributed by atoms with E-state index in [2.05, 4.69) is 46.9 Å². The quantitative estimate of drug-likeness (QED) is 0.385. The number of rotatable bonds is 8. The second-order valence-corrected chi connectivity index (χ2v) is 15.5. The molecule has 2 aliphatic rings. The van der Waals surface area contributed by atoms with Crippen molar-refractivity contribution in [1.29, 1.82) is 0 Å². The molecule has 5 heteroatoms. The lowest BCUT2D eigenvalue weighted by Crippen LogP contribution is -2.52. The van der Waals surface area contributed by atoms with Crippen molar-refractivity contribution in [3.63, 3.8) is 0 Å². The Hall–Kier alpha value is -0.653. The molecule has 0 saturated heterocycles. The summed E-state index contributed by atoms with van der Waals surface area (Å²) in [7, 11) is -1.92. The number of aliphatic hydroxyl groups is 1. The summed E-state index contributed by atoms with van der Waals surface area (Å²) >= 11 is 0. The normalized spacial score (nSPS) is 26.8. The van der Waals surface area contributed by atoms with Gasteiger partial charge in [-0.1, -0.05) is 51.7 Å². The first-order valence-corrected chi connectivity index (χ1v) is 14.1. The number of carbonyl (C=O) groups is 1. The van der Waals surface area contributed by atoms with Gasteiger partial charge in [0.15, 0.2) is 8.32 Å². The number of carboxylic acids is 1. The van der Waals surface area contributed by atoms with Crippen LogP contribution in [0.5, 0.6) is 0 Å². The molecule has 0 bridgehead atoms. The molecule has 3 atom stereocenters. The molecule has 2 rings (SSSR count). The third-order valence-corrected chi connectivity index (χ3v) is 12.2. The number of aliphatic carboxylic acids is 1. The topological polar surface area (TPSA) is 66.8 Å². The van der Waals surface area contributed by atoms with Gasteiger partial charge in [-0.2, -0.15) is 0 Å². The minimum Gasteiger partial charge on any atom is -0.481 e. The Labute approximate surface area is 172 Å². The van der Waals surface area contributed by atoms with E-state index in [1.165, 1.54) is 32.1 Å². The maximum Gasteiger partial charge on any atom is 0.304 e. The van der Waals surface area contributed by atoms with Crippen LogP contribution >= 0.6 is 0 Å². The second kappa shape index (κ2) is 9.01. The maximum atomic E-state index is 11.2. The molecule has 0 heterocycles. The van der Waals surface area contributed by atoms with Crippen LogP contribution in [-0.4, -0.2) is 36.2 Å². The fourth-order valence-electron chi connectivity index (χ4n) is 4.76. The Morgan fingerprint density at radius 1 is 1.18 bits per heavy atom. The van der Waals surface area contributed by atoms with Gasteiger partial charge < -0.3 is 14.6 Å². The van der Waals surface area contributed by atoms with E-state index < -0.39 is 20.4 Å². The lowest BCUT2D eigenvalue weighted by atomic mass is 9.75. The van der Waals surface area contributed by atoms with Crippen molar-refractivity contribution < 1.29 is 19.4 Å². The van der Waals surface area contributed by atoms with E-state index in [9.17, 15) is 15.0 Å². The highest BCUT2D eigenvalue weighted by Gasteiger charge is 2.46. The van der Waals surface area contributed by atoms with Gasteiger partial charge in [0.1, 0.15) is 0 Å². The lowest BCUT2D eigenvalue weighted by Gasteiger charge is -2.49. The van der Waals surface area contributed by atoms with Crippen LogP contribution in [-0.2, 0) is 9.22 Å². The van der Waals surface area contributed by atoms with Crippen LogP contribution in [0.15, 0.2) is 11.6 Å². The Balaban J connectivity index is 2.17. The molecule has 1 saturated carbocycles. The Kier molecular flexibility index (Phi) is 7.60. The Morgan fingerprint density at radius 2 is 1.79 bits per heavy atom. The van der Waals surface area contributed by atoms with Crippen LogP contribution in [0.3, 0.4) is 0 Å². The summed E-state index contributed by atoms with van der Waals surface area (Å²) in [4.78, 5) is 11.2. The summed E-state index contributed by atoms with van der Waals surface area (Å²) in [6.45, 7) is 13.8. The molecule has 1 unspecified atom stereocenters. The Bertz CT molecular complexity index is 572. The molecule has 0 amide bonds. The molecule has 0 aromatic heterocycles. The fraction of sp³-hybridized carbons (Fsp3) is 0.870. The zero-order valence-electron chi connectivity index (χ0n) is 18.9. The highest BCUT2D eigenvalue weighted by Crippen LogP contribution is 2.46. The average Bonchev–Trinajstić information content (AvgIpc) is 2.92. The monoisotopic (exact) mass is 410 g/mol. The largest absolute Gasteiger partial charge is 0.481 e. The summed E-state index contributed by atoms with van der Waals surface area (Å²) in [5, 5.41) is 19.6. The van der Waals surface area contributed by atoms with Crippen LogP contribution < -0.4 is 0 Å². The van der Waals surface area contributed by atoms with Crippen molar-refractivity contribution in [2.75, 3.05) is 0 Å². The summed E-state index contributed by atoms with van der Waals surface area (Å²) in [5.74, 6) is -0.495. The SMILES string of the molecule is CC(CCC1=CC[C@H](O)[C@@H]1CC(=O)O)(O[Si](C)(C)C(C)(C)C)C1CCCCC1. The summed E-state index contributed by atoms with van der Waals surface area (Å²) in [6.07, 6.45) is 10.2. The number of hydrogen-bond acceptors (Lipinski definition) is 3. The summed E-state index contributed by atoms with van der Waals surface area (Å²) in [6, 6.07) is 0. The third kappa shape index (κ3) is 5.70. The molecular weight excluding hydrogens is 368 g/mol. The summed E-state index contributed by atoms with van der Waals surface area (Å²) in [5.41, 5.74) is 0.946. The predicted octanol–water partition coefficient (Wildman–Crippen LogP) is 5.91. The van der Waals surface area contributed by atoms with Gasteiger partial charge in [-0.05, 0) is 63.1 Å². The van der Waals surface area contributed by atoms with Crippen molar-refractivity contribution in [2.45, 2.75) is 115 Å². The first kappa shape index (κ1) is 23.6. The van der Waals surface area contributed by atoms with Crippen molar-refractivity contribution in [1.82, 2.24) is 0 Å². The van der Waals surface area contributed by atoms with E-state index in [0.717, 1.165) is 18.4 Å². The van der Waals surface area contributed by atoms with Crippen molar-refractivity contribution in [2.24, 2.45) is 11.8 Å². The average molecular weight is 411 g/mol. The van der Waals surface area contributed by atoms with Crippen LogP contribution in [0.4, 0.5) is 0 Å². The third-order valence-electron chi connectivity index (χ3n) is 7.63. The lowest BCUT2D eigenvalue weighted by molar-refractivity contribution is -0.138. The molecule has 2 aliphatic carbocycles. The van der Waals surface area contributed by atoms with E-state index in [0.29, 0.717) is 12.3 Å². The molecule has 0 aliphatic heterocycles. The zero-order valence-corrected chi connectivity index (χ0v) is 19.9. The summed E-state index contributed by atoms with van der Waals surface area (Å²) < 4.78 is 7.07. The van der Waals surface area contributed by atoms with Crippen LogP contribution in [0.1, 0.15) is 85.5 Å². The Morgan fingerprint density at radius 3 is 2.32 bits per heavy atom. The number of hydrogen-bond donors (Lipinski definition) is 2. The van der Waals surface area contributed by atoms with E-state index in [-0.39, 0.29) is 23.0 Å². The van der Waals surface area contributed by atoms with Gasteiger partial charge >= 0.3 is 5.97 Å². The molecule has 0 aromatic rings. The van der Waals surface area contributed by atoms with Gasteiger partial charge in [-0.3, -0.25) is 4.79 Å². The van der Waals surface area contributed by atoms with Gasteiger partial charge in [0.25, 0.3) is 0 Å². The van der Waals surface area contributed by atoms with Gasteiger partial charge in [-0.25, -0.2) is 0 Å². The molecule has 0 radical (unpaired) electrons. The van der Waals surface area contributed by atoms with Gasteiger partial charge in [0, 0.05) is 5.92 Å². The van der Waals surface area contributed by atoms with Crippen LogP contribution in [0.25, 0.3) is 0 Å². The molecule has 0 aromatic carbocycles. The molecular formula is C23H42O4Si. The predicted molar refractivity (Wildman–Crippen MR) is 117 cm³/mol. The van der Waals surface area contributed by atoms with Gasteiger partial charge in [0.2, 0.25) is 0 Å². The molecule has 2 N–H and O–H groups in total. The second-order valence-electron chi connectivity index (χ2n) is 10.8. The molecule has 162 valence electrons. The van der Waals surface area contributed by atoms with E-state index in [1.807, 2.05) is 0 Å². The fourth-order valence-corrected chi connectivity index (χ4v) is 6.50. The highest BCUT2D eigenvalue weighted by atomic mass is 28.4. The van der Waals surface area contributed by atoms with Crippen LogP contribution in [0.2, 0.25) is 18.1 Å². The van der Waals surface area contributed by atoms with Gasteiger partial charge in [-0.15, -0.1) is 0 Å². The highest BCUT2D eigenvalue weighted by molar-refractivity contribution is 6.74. The van der Waals surface area contributed by atoms with Crippen molar-refractivity contribution in [3.05, 3.63) is 11.6 Å². The first-order chi connectivity index (χ1) is 12.9. The molecule has 28 heavy (non-hydrogen) atoms. The molecule has 1 fully saturated rings.